The van der Waals surface area contributed by atoms with Crippen LogP contribution in [0.3, 0.4) is 0 Å². The summed E-state index contributed by atoms with van der Waals surface area (Å²) in [6.07, 6.45) is 0. The number of nitrogen functional groups attached to an aromatic ring is 3. The van der Waals surface area contributed by atoms with Crippen molar-refractivity contribution in [3.05, 3.63) is 115 Å². The van der Waals surface area contributed by atoms with E-state index < -0.39 is 52.9 Å². The molecule has 0 saturated carbocycles. The van der Waals surface area contributed by atoms with E-state index in [1.807, 2.05) is 0 Å². The van der Waals surface area contributed by atoms with E-state index in [2.05, 4.69) is 36.0 Å². The van der Waals surface area contributed by atoms with E-state index in [1.165, 1.54) is 36.4 Å². The van der Waals surface area contributed by atoms with Crippen LogP contribution in [0.5, 0.6) is 11.5 Å². The summed E-state index contributed by atoms with van der Waals surface area (Å²) in [7, 11) is -9.91. The van der Waals surface area contributed by atoms with Crippen molar-refractivity contribution >= 4 is 104 Å². The summed E-state index contributed by atoms with van der Waals surface area (Å²) in [6, 6.07) is 28.4. The molecule has 0 heterocycles. The van der Waals surface area contributed by atoms with E-state index in [-0.39, 0.29) is 97.7 Å². The Morgan fingerprint density at radius 3 is 1.40 bits per heavy atom. The van der Waals surface area contributed by atoms with E-state index >= 15 is 0 Å². The first-order chi connectivity index (χ1) is 27.5. The number of azo groups is 3. The molecule has 0 spiro atoms. The van der Waals surface area contributed by atoms with Gasteiger partial charge in [0.2, 0.25) is 0 Å². The van der Waals surface area contributed by atoms with Crippen LogP contribution < -0.4 is 91.8 Å². The Bertz CT molecular complexity index is 3100. The maximum atomic E-state index is 13.7. The summed E-state index contributed by atoms with van der Waals surface area (Å²) in [5.41, 5.74) is 19.8. The van der Waals surface area contributed by atoms with Crippen molar-refractivity contribution in [1.29, 1.82) is 0 Å². The van der Waals surface area contributed by atoms with Gasteiger partial charge in [0.05, 0.1) is 34.1 Å². The number of nitrogens with one attached hydrogen (secondary N) is 1. The van der Waals surface area contributed by atoms with E-state index in [9.17, 15) is 36.2 Å². The Morgan fingerprint density at radius 1 is 0.483 bits per heavy atom. The van der Waals surface area contributed by atoms with E-state index in [1.54, 1.807) is 66.7 Å². The maximum absolute atomic E-state index is 13.7. The van der Waals surface area contributed by atoms with Crippen LogP contribution in [0.25, 0.3) is 21.5 Å². The minimum atomic E-state index is -4.97. The van der Waals surface area contributed by atoms with E-state index in [0.717, 1.165) is 17.8 Å². The molecule has 60 heavy (non-hydrogen) atoms. The smallest absolute Gasteiger partial charge is 0.871 e. The number of nitrogens with two attached hydrogens (primary N) is 3. The number of benzene rings is 7. The van der Waals surface area contributed by atoms with E-state index in [0.29, 0.717) is 28.4 Å². The number of anilines is 5. The largest absolute Gasteiger partial charge is 1.00 e. The molecule has 0 aliphatic rings. The zero-order chi connectivity index (χ0) is 41.4. The molecule has 18 nitrogen and oxygen atoms in total. The number of hydrogen-bond acceptors (Lipinski definition) is 16. The van der Waals surface area contributed by atoms with Gasteiger partial charge in [-0.25, -0.2) is 0 Å². The van der Waals surface area contributed by atoms with Crippen molar-refractivity contribution in [2.24, 2.45) is 30.7 Å². The zero-order valence-electron chi connectivity index (χ0n) is 31.5. The molecule has 0 aromatic heterocycles. The third-order valence-corrected chi connectivity index (χ3v) is 10.2. The molecule has 0 saturated heterocycles. The molecule has 292 valence electrons. The Hall–Kier alpha value is -5.52. The predicted octanol–water partition coefficient (Wildman–Crippen LogP) is 2.38. The average molecular weight is 863 g/mol. The summed E-state index contributed by atoms with van der Waals surface area (Å²) in [5, 5.41) is 54.3. The topological polar surface area (TPSA) is 319 Å². The molecule has 7 rings (SSSR count). The summed E-state index contributed by atoms with van der Waals surface area (Å²) in [4.78, 5) is -1.60. The van der Waals surface area contributed by atoms with Gasteiger partial charge in [-0.3, -0.25) is 9.11 Å². The number of nitrogens with zero attached hydrogens (tertiary/aromatic N) is 6. The van der Waals surface area contributed by atoms with Crippen LogP contribution in [0.2, 0.25) is 0 Å². The van der Waals surface area contributed by atoms with Crippen LogP contribution in [0.1, 0.15) is 0 Å². The van der Waals surface area contributed by atoms with Crippen LogP contribution in [0, 0.1) is 0 Å². The maximum Gasteiger partial charge on any atom is 1.00 e. The van der Waals surface area contributed by atoms with Gasteiger partial charge in [-0.15, -0.1) is 15.3 Å². The van der Waals surface area contributed by atoms with Gasteiger partial charge in [0, 0.05) is 22.7 Å². The molecule has 0 atom stereocenters. The SMILES string of the molecule is Nc1ccc(N=Nc2ccc(Nc3ccc(N=Nc4c(S(=O)(=O)O)cc5ccc(N=Nc6c(S(=O)(=O)O)cc7ccc(N)cc7c6[O-])cc5c4[O-])cc3)cc2)c(N)c1.[Na+].[Na+]. The number of rotatable bonds is 10. The summed E-state index contributed by atoms with van der Waals surface area (Å²) in [5.74, 6) is -1.83. The fourth-order valence-corrected chi connectivity index (χ4v) is 6.99. The standard InChI is InChI=1S/C38H30N10O8S2.2Na/c39-22-3-1-20-15-33(57(51,52)53)35(37(49)29(20)17-22)48-45-28-5-2-21-16-34(58(54,55)56)36(38(50)30(21)19-28)47-44-27-12-8-25(9-13-27)42-24-6-10-26(11-7-24)43-46-32-14-4-23(40)18-31(32)41;;/h1-19,42,49-50H,39-41H2,(H,51,52,53)(H,54,55,56);;/q;2*+1/p-2. The summed E-state index contributed by atoms with van der Waals surface area (Å²) < 4.78 is 68.9. The molecular formula is C38H28N10Na2O8S2. The van der Waals surface area contributed by atoms with Crippen LogP contribution in [0.15, 0.2) is 156 Å². The van der Waals surface area contributed by atoms with Crippen molar-refractivity contribution < 1.29 is 95.3 Å². The third kappa shape index (κ3) is 10.3. The van der Waals surface area contributed by atoms with Gasteiger partial charge in [-0.05, 0) is 125 Å². The quantitative estimate of drug-likeness (QED) is 0.0500. The van der Waals surface area contributed by atoms with Gasteiger partial charge in [0.15, 0.2) is 0 Å². The minimum absolute atomic E-state index is 0. The first-order valence-electron chi connectivity index (χ1n) is 16.7. The molecule has 0 bridgehead atoms. The Labute approximate surface area is 386 Å². The molecule has 22 heteroatoms. The molecule has 0 aliphatic heterocycles. The van der Waals surface area contributed by atoms with Crippen LogP contribution >= 0.6 is 0 Å². The molecule has 0 radical (unpaired) electrons. The Morgan fingerprint density at radius 2 is 0.900 bits per heavy atom. The Balaban J connectivity index is 0.00000341. The minimum Gasteiger partial charge on any atom is -0.871 e. The summed E-state index contributed by atoms with van der Waals surface area (Å²) >= 11 is 0. The van der Waals surface area contributed by atoms with Gasteiger partial charge >= 0.3 is 59.1 Å². The van der Waals surface area contributed by atoms with Gasteiger partial charge in [0.25, 0.3) is 20.2 Å². The normalized spacial score (nSPS) is 12.0. The average Bonchev–Trinajstić information content (AvgIpc) is 3.17. The van der Waals surface area contributed by atoms with Crippen LogP contribution in [-0.4, -0.2) is 25.9 Å². The van der Waals surface area contributed by atoms with Crippen molar-refractivity contribution in [3.63, 3.8) is 0 Å². The van der Waals surface area contributed by atoms with Crippen LogP contribution in [0.4, 0.5) is 62.6 Å². The van der Waals surface area contributed by atoms with Crippen molar-refractivity contribution in [2.45, 2.75) is 9.79 Å². The van der Waals surface area contributed by atoms with Crippen LogP contribution in [-0.2, 0) is 20.2 Å². The van der Waals surface area contributed by atoms with Crippen molar-refractivity contribution in [2.75, 3.05) is 22.5 Å². The predicted molar refractivity (Wildman–Crippen MR) is 215 cm³/mol. The Kier molecular flexibility index (Phi) is 14.0. The summed E-state index contributed by atoms with van der Waals surface area (Å²) in [6.45, 7) is 0. The second-order valence-corrected chi connectivity index (χ2v) is 15.4. The molecule has 7 aromatic rings. The number of fused-ring (bicyclic) bond motifs is 2. The van der Waals surface area contributed by atoms with E-state index in [4.69, 9.17) is 17.2 Å². The molecule has 0 unspecified atom stereocenters. The first-order valence-corrected chi connectivity index (χ1v) is 19.5. The fraction of sp³-hybridized carbons (Fsp3) is 0. The molecule has 0 fully saturated rings. The second-order valence-electron chi connectivity index (χ2n) is 12.6. The molecular weight excluding hydrogens is 835 g/mol. The second kappa shape index (κ2) is 18.4. The third-order valence-electron chi connectivity index (χ3n) is 8.51. The molecule has 7 aromatic carbocycles. The van der Waals surface area contributed by atoms with Crippen molar-refractivity contribution in [1.82, 2.24) is 0 Å². The fourth-order valence-electron chi connectivity index (χ4n) is 5.69. The van der Waals surface area contributed by atoms with Gasteiger partial charge in [-0.1, -0.05) is 23.6 Å². The zero-order valence-corrected chi connectivity index (χ0v) is 37.2. The molecule has 0 amide bonds. The first kappa shape index (κ1) is 45.6. The molecule has 9 N–H and O–H groups in total. The monoisotopic (exact) mass is 862 g/mol. The molecule has 0 aliphatic carbocycles. The van der Waals surface area contributed by atoms with Gasteiger partial charge in [0.1, 0.15) is 15.5 Å². The van der Waals surface area contributed by atoms with Crippen molar-refractivity contribution in [3.8, 4) is 11.5 Å². The van der Waals surface area contributed by atoms with Gasteiger partial charge in [-0.2, -0.15) is 32.2 Å². The number of hydrogen-bond donors (Lipinski definition) is 6. The van der Waals surface area contributed by atoms with Gasteiger partial charge < -0.3 is 32.7 Å².